The summed E-state index contributed by atoms with van der Waals surface area (Å²) in [5, 5.41) is 4.37. The maximum Gasteiger partial charge on any atom is 0.244 e. The van der Waals surface area contributed by atoms with Crippen LogP contribution in [0.15, 0.2) is 17.3 Å². The summed E-state index contributed by atoms with van der Waals surface area (Å²) in [7, 11) is -1.80. The van der Waals surface area contributed by atoms with E-state index < -0.39 is 15.6 Å². The Balaban J connectivity index is 2.95. The molecule has 1 aromatic heterocycles. The van der Waals surface area contributed by atoms with Crippen molar-refractivity contribution in [2.45, 2.75) is 24.3 Å². The first-order valence-electron chi connectivity index (χ1n) is 4.35. The van der Waals surface area contributed by atoms with Crippen LogP contribution in [-0.4, -0.2) is 29.1 Å². The summed E-state index contributed by atoms with van der Waals surface area (Å²) < 4.78 is 27.7. The van der Waals surface area contributed by atoms with Gasteiger partial charge in [0.1, 0.15) is 4.90 Å². The van der Waals surface area contributed by atoms with E-state index in [1.807, 2.05) is 0 Å². The van der Waals surface area contributed by atoms with Gasteiger partial charge in [0.05, 0.1) is 6.20 Å². The predicted octanol–water partition coefficient (Wildman–Crippen LogP) is 0.872. The second-order valence-electron chi connectivity index (χ2n) is 3.97. The molecule has 1 heterocycles. The van der Waals surface area contributed by atoms with Crippen LogP contribution in [0.2, 0.25) is 0 Å². The molecule has 0 radical (unpaired) electrons. The molecule has 86 valence electrons. The highest BCUT2D eigenvalue weighted by molar-refractivity contribution is 9.09. The van der Waals surface area contributed by atoms with Crippen LogP contribution in [0, 0.1) is 0 Å². The van der Waals surface area contributed by atoms with Gasteiger partial charge in [0.2, 0.25) is 10.0 Å². The Morgan fingerprint density at radius 3 is 2.60 bits per heavy atom. The Bertz CT molecular complexity index is 438. The Hall–Kier alpha value is -0.400. The van der Waals surface area contributed by atoms with Gasteiger partial charge >= 0.3 is 0 Å². The van der Waals surface area contributed by atoms with Gasteiger partial charge in [-0.05, 0) is 13.8 Å². The standard InChI is InChI=1S/C8H14BrN3O2S/c1-8(2,6-9)11-15(13,14)7-4-10-12(3)5-7/h4-5,11H,6H2,1-3H3. The number of nitrogens with zero attached hydrogens (tertiary/aromatic N) is 2. The van der Waals surface area contributed by atoms with E-state index in [4.69, 9.17) is 0 Å². The number of hydrogen-bond acceptors (Lipinski definition) is 3. The Morgan fingerprint density at radius 2 is 2.20 bits per heavy atom. The zero-order chi connectivity index (χ0) is 11.7. The smallest absolute Gasteiger partial charge is 0.244 e. The largest absolute Gasteiger partial charge is 0.274 e. The zero-order valence-electron chi connectivity index (χ0n) is 8.86. The molecule has 0 atom stereocenters. The molecule has 1 aromatic rings. The van der Waals surface area contributed by atoms with Crippen LogP contribution in [0.1, 0.15) is 13.8 Å². The highest BCUT2D eigenvalue weighted by Crippen LogP contribution is 2.13. The second-order valence-corrected chi connectivity index (χ2v) is 6.22. The third kappa shape index (κ3) is 3.29. The fourth-order valence-corrected chi connectivity index (χ4v) is 2.71. The SMILES string of the molecule is Cn1cc(S(=O)(=O)NC(C)(C)CBr)cn1. The van der Waals surface area contributed by atoms with Crippen molar-refractivity contribution in [3.63, 3.8) is 0 Å². The van der Waals surface area contributed by atoms with Gasteiger partial charge in [0.25, 0.3) is 0 Å². The van der Waals surface area contributed by atoms with Crippen molar-refractivity contribution < 1.29 is 8.42 Å². The topological polar surface area (TPSA) is 64.0 Å². The van der Waals surface area contributed by atoms with Crippen molar-refractivity contribution in [2.75, 3.05) is 5.33 Å². The van der Waals surface area contributed by atoms with Crippen molar-refractivity contribution in [1.29, 1.82) is 0 Å². The lowest BCUT2D eigenvalue weighted by molar-refractivity contribution is 0.500. The molecule has 0 aliphatic rings. The minimum atomic E-state index is -3.47. The molecular formula is C8H14BrN3O2S. The summed E-state index contributed by atoms with van der Waals surface area (Å²) in [6, 6.07) is 0. The molecule has 0 amide bonds. The predicted molar refractivity (Wildman–Crippen MR) is 61.4 cm³/mol. The van der Waals surface area contributed by atoms with Gasteiger partial charge in [0.15, 0.2) is 0 Å². The van der Waals surface area contributed by atoms with Crippen molar-refractivity contribution >= 4 is 26.0 Å². The Morgan fingerprint density at radius 1 is 1.60 bits per heavy atom. The summed E-state index contributed by atoms with van der Waals surface area (Å²) in [5.41, 5.74) is -0.519. The van der Waals surface area contributed by atoms with Crippen LogP contribution < -0.4 is 4.72 Å². The zero-order valence-corrected chi connectivity index (χ0v) is 11.3. The van der Waals surface area contributed by atoms with Gasteiger partial charge in [-0.1, -0.05) is 15.9 Å². The van der Waals surface area contributed by atoms with E-state index >= 15 is 0 Å². The maximum atomic E-state index is 11.8. The second kappa shape index (κ2) is 4.23. The van der Waals surface area contributed by atoms with Crippen LogP contribution in [0.25, 0.3) is 0 Å². The van der Waals surface area contributed by atoms with Gasteiger partial charge in [-0.25, -0.2) is 13.1 Å². The van der Waals surface area contributed by atoms with Gasteiger partial charge in [-0.15, -0.1) is 0 Å². The number of aryl methyl sites for hydroxylation is 1. The Labute approximate surface area is 98.0 Å². The first-order chi connectivity index (χ1) is 6.77. The molecule has 1 rings (SSSR count). The van der Waals surface area contributed by atoms with Crippen molar-refractivity contribution in [1.82, 2.24) is 14.5 Å². The van der Waals surface area contributed by atoms with E-state index in [1.54, 1.807) is 20.9 Å². The molecular weight excluding hydrogens is 282 g/mol. The molecule has 0 saturated heterocycles. The van der Waals surface area contributed by atoms with Crippen LogP contribution in [0.4, 0.5) is 0 Å². The molecule has 0 aromatic carbocycles. The average molecular weight is 296 g/mol. The first-order valence-corrected chi connectivity index (χ1v) is 6.96. The molecule has 0 fully saturated rings. The molecule has 0 bridgehead atoms. The maximum absolute atomic E-state index is 11.8. The summed E-state index contributed by atoms with van der Waals surface area (Å²) in [4.78, 5) is 0.180. The van der Waals surface area contributed by atoms with Crippen LogP contribution in [0.5, 0.6) is 0 Å². The van der Waals surface area contributed by atoms with E-state index in [2.05, 4.69) is 25.8 Å². The van der Waals surface area contributed by atoms with Crippen LogP contribution in [0.3, 0.4) is 0 Å². The van der Waals surface area contributed by atoms with E-state index in [9.17, 15) is 8.42 Å². The third-order valence-corrected chi connectivity index (χ3v) is 4.79. The highest BCUT2D eigenvalue weighted by Gasteiger charge is 2.25. The molecule has 1 N–H and O–H groups in total. The molecule has 0 unspecified atom stereocenters. The number of rotatable bonds is 4. The molecule has 0 saturated carbocycles. The average Bonchev–Trinajstić information content (AvgIpc) is 2.51. The monoisotopic (exact) mass is 295 g/mol. The lowest BCUT2D eigenvalue weighted by Crippen LogP contribution is -2.44. The van der Waals surface area contributed by atoms with Gasteiger partial charge in [0, 0.05) is 24.1 Å². The molecule has 7 heteroatoms. The molecule has 0 spiro atoms. The third-order valence-electron chi connectivity index (χ3n) is 1.74. The number of alkyl halides is 1. The number of nitrogens with one attached hydrogen (secondary N) is 1. The number of sulfonamides is 1. The van der Waals surface area contributed by atoms with Crippen LogP contribution >= 0.6 is 15.9 Å². The normalized spacial score (nSPS) is 13.1. The van der Waals surface area contributed by atoms with Crippen molar-refractivity contribution in [3.8, 4) is 0 Å². The fourth-order valence-electron chi connectivity index (χ4n) is 0.987. The summed E-state index contributed by atoms with van der Waals surface area (Å²) in [5.74, 6) is 0. The number of halogens is 1. The van der Waals surface area contributed by atoms with Gasteiger partial charge in [-0.3, -0.25) is 4.68 Å². The fraction of sp³-hybridized carbons (Fsp3) is 0.625. The van der Waals surface area contributed by atoms with Gasteiger partial charge < -0.3 is 0 Å². The number of aromatic nitrogens is 2. The summed E-state index contributed by atoms with van der Waals surface area (Å²) in [6.07, 6.45) is 2.79. The van der Waals surface area contributed by atoms with E-state index in [0.717, 1.165) is 0 Å². The van der Waals surface area contributed by atoms with E-state index in [-0.39, 0.29) is 4.90 Å². The number of hydrogen-bond donors (Lipinski definition) is 1. The lowest BCUT2D eigenvalue weighted by Gasteiger charge is -2.22. The van der Waals surface area contributed by atoms with Crippen LogP contribution in [-0.2, 0) is 17.1 Å². The first kappa shape index (κ1) is 12.7. The van der Waals surface area contributed by atoms with Gasteiger partial charge in [-0.2, -0.15) is 5.10 Å². The molecule has 15 heavy (non-hydrogen) atoms. The van der Waals surface area contributed by atoms with Crippen molar-refractivity contribution in [2.24, 2.45) is 7.05 Å². The Kier molecular flexibility index (Phi) is 3.57. The minimum absolute atomic E-state index is 0.180. The summed E-state index contributed by atoms with van der Waals surface area (Å²) >= 11 is 3.25. The minimum Gasteiger partial charge on any atom is -0.274 e. The lowest BCUT2D eigenvalue weighted by atomic mass is 10.1. The quantitative estimate of drug-likeness (QED) is 0.839. The highest BCUT2D eigenvalue weighted by atomic mass is 79.9. The van der Waals surface area contributed by atoms with E-state index in [0.29, 0.717) is 5.33 Å². The summed E-state index contributed by atoms with van der Waals surface area (Å²) in [6.45, 7) is 3.60. The molecule has 0 aliphatic heterocycles. The van der Waals surface area contributed by atoms with Crippen molar-refractivity contribution in [3.05, 3.63) is 12.4 Å². The molecule has 0 aliphatic carbocycles. The van der Waals surface area contributed by atoms with E-state index in [1.165, 1.54) is 17.1 Å². The molecule has 5 nitrogen and oxygen atoms in total.